The number of amides is 2. The number of aliphatic hydroxyl groups is 2. The van der Waals surface area contributed by atoms with Crippen molar-refractivity contribution in [3.63, 3.8) is 0 Å². The molecule has 0 radical (unpaired) electrons. The van der Waals surface area contributed by atoms with E-state index in [0.717, 1.165) is 0 Å². The van der Waals surface area contributed by atoms with Gasteiger partial charge in [-0.3, -0.25) is 24.4 Å². The molecule has 19 heteroatoms. The summed E-state index contributed by atoms with van der Waals surface area (Å²) in [6, 6.07) is 9.08. The van der Waals surface area contributed by atoms with Crippen LogP contribution in [0.2, 0.25) is 0 Å². The minimum absolute atomic E-state index is 0.0301. The number of nitrogens with one attached hydrogen (secondary N) is 2. The third kappa shape index (κ3) is 10.7. The number of methoxy groups -OCH3 is 1. The molecular weight excluding hydrogens is 753 g/mol. The first kappa shape index (κ1) is 41.7. The Kier molecular flexibility index (Phi) is 13.2. The number of alkyl halides is 3. The number of aliphatic hydroxyl groups excluding tert-OH is 2. The number of hydrogen-bond acceptors (Lipinski definition) is 14. The summed E-state index contributed by atoms with van der Waals surface area (Å²) in [4.78, 5) is 39.4. The number of aromatic nitrogens is 4. The first-order valence-corrected chi connectivity index (χ1v) is 18.6. The number of hydrogen-bond donors (Lipinski definition) is 4. The Morgan fingerprint density at radius 1 is 1.07 bits per heavy atom. The van der Waals surface area contributed by atoms with Gasteiger partial charge in [-0.25, -0.2) is 4.98 Å². The van der Waals surface area contributed by atoms with Crippen LogP contribution in [-0.4, -0.2) is 136 Å². The highest BCUT2D eigenvalue weighted by Gasteiger charge is 2.43. The maximum atomic E-state index is 13.8. The molecule has 1 aromatic carbocycles. The fraction of sp³-hybridized carbons (Fsp3) is 0.526. The van der Waals surface area contributed by atoms with Crippen molar-refractivity contribution in [3.05, 3.63) is 66.8 Å². The maximum Gasteiger partial charge on any atom is 0.405 e. The van der Waals surface area contributed by atoms with E-state index < -0.39 is 60.3 Å². The van der Waals surface area contributed by atoms with Crippen molar-refractivity contribution < 1.29 is 51.3 Å². The zero-order valence-electron chi connectivity index (χ0n) is 31.8. The standard InChI is InChI=1S/C38H47F3N8O8/c1-37(2,36-43-18-31(56-36)25-14-27(54-3)17-42-16-25)49-11-10-48(29(20-49)34(53)44-22-38(39,40)41)19-26(50)13-24(33(52)45-28-9-12-55-21-30(28)51)15-32-46-47-35(57-32)23-7-5-4-6-8-23/h4-8,14,16-18,24,26,28-30,50-51H,9-13,15,19-22H2,1-3H3,(H,44,53)(H,45,52)/t24-,26-,28-,29-,30+/m0/s1. The SMILES string of the molecule is COc1cncc(-c2cnc(C(C)(C)N3CCN(C[C@@H](O)C[C@@H](Cc4nnc(-c5ccccc5)o4)C(=O)N[C@H]4CCOC[C@H]4O)[C@H](C(=O)NCC(F)(F)F)C3)o2)c1. The lowest BCUT2D eigenvalue weighted by atomic mass is 9.94. The van der Waals surface area contributed by atoms with Crippen molar-refractivity contribution in [2.24, 2.45) is 5.92 Å². The summed E-state index contributed by atoms with van der Waals surface area (Å²) in [5.41, 5.74) is 0.384. The Bertz CT molecular complexity index is 1940. The molecule has 4 N–H and O–H groups in total. The molecule has 2 aliphatic rings. The topological polar surface area (TPSA) is 201 Å². The molecular formula is C38H47F3N8O8. The molecule has 0 saturated carbocycles. The van der Waals surface area contributed by atoms with Crippen LogP contribution in [0.25, 0.3) is 22.8 Å². The molecule has 0 spiro atoms. The number of halogens is 3. The lowest BCUT2D eigenvalue weighted by Gasteiger charge is -2.46. The summed E-state index contributed by atoms with van der Waals surface area (Å²) in [6.45, 7) is 2.86. The molecule has 0 aliphatic carbocycles. The highest BCUT2D eigenvalue weighted by molar-refractivity contribution is 5.82. The molecule has 4 aromatic rings. The summed E-state index contributed by atoms with van der Waals surface area (Å²) in [5.74, 6) is -0.624. The lowest BCUT2D eigenvalue weighted by Crippen LogP contribution is -2.63. The smallest absolute Gasteiger partial charge is 0.405 e. The van der Waals surface area contributed by atoms with E-state index in [-0.39, 0.29) is 50.9 Å². The van der Waals surface area contributed by atoms with E-state index in [2.05, 4.69) is 25.5 Å². The Balaban J connectivity index is 1.18. The van der Waals surface area contributed by atoms with Gasteiger partial charge in [0.05, 0.1) is 49.9 Å². The van der Waals surface area contributed by atoms with Crippen LogP contribution in [0.4, 0.5) is 13.2 Å². The summed E-state index contributed by atoms with van der Waals surface area (Å²) >= 11 is 0. The van der Waals surface area contributed by atoms with Gasteiger partial charge in [0, 0.05) is 62.4 Å². The first-order chi connectivity index (χ1) is 27.2. The van der Waals surface area contributed by atoms with Crippen LogP contribution in [0.15, 0.2) is 63.8 Å². The van der Waals surface area contributed by atoms with E-state index in [1.165, 1.54) is 7.11 Å². The number of oxazole rings is 1. The second-order valence-electron chi connectivity index (χ2n) is 14.7. The minimum Gasteiger partial charge on any atom is -0.495 e. The van der Waals surface area contributed by atoms with Crippen LogP contribution in [0.3, 0.4) is 0 Å². The maximum absolute atomic E-state index is 13.8. The van der Waals surface area contributed by atoms with Crippen LogP contribution in [0.1, 0.15) is 38.5 Å². The summed E-state index contributed by atoms with van der Waals surface area (Å²) in [7, 11) is 1.52. The molecule has 0 bridgehead atoms. The monoisotopic (exact) mass is 800 g/mol. The van der Waals surface area contributed by atoms with E-state index in [4.69, 9.17) is 18.3 Å². The van der Waals surface area contributed by atoms with Gasteiger partial charge in [0.2, 0.25) is 29.5 Å². The molecule has 5 atom stereocenters. The zero-order chi connectivity index (χ0) is 40.7. The number of rotatable bonds is 15. The van der Waals surface area contributed by atoms with Gasteiger partial charge in [-0.2, -0.15) is 13.2 Å². The van der Waals surface area contributed by atoms with Crippen LogP contribution in [0, 0.1) is 5.92 Å². The Morgan fingerprint density at radius 2 is 1.86 bits per heavy atom. The quantitative estimate of drug-likeness (QED) is 0.137. The number of ether oxygens (including phenoxy) is 2. The highest BCUT2D eigenvalue weighted by atomic mass is 19.4. The zero-order valence-corrected chi connectivity index (χ0v) is 31.8. The third-order valence-electron chi connectivity index (χ3n) is 10.2. The largest absolute Gasteiger partial charge is 0.495 e. The fourth-order valence-electron chi connectivity index (χ4n) is 6.98. The van der Waals surface area contributed by atoms with Crippen molar-refractivity contribution in [2.75, 3.05) is 53.0 Å². The van der Waals surface area contributed by atoms with Crippen molar-refractivity contribution in [2.45, 2.75) is 69.1 Å². The van der Waals surface area contributed by atoms with Gasteiger partial charge < -0.3 is 39.2 Å². The number of nitrogens with zero attached hydrogens (tertiary/aromatic N) is 6. The predicted octanol–water partition coefficient (Wildman–Crippen LogP) is 2.57. The minimum atomic E-state index is -4.65. The number of piperazine rings is 1. The number of pyridine rings is 1. The highest BCUT2D eigenvalue weighted by Crippen LogP contribution is 2.33. The number of β-amino-alcohol motifs (C(OH)–C–C–N with tert-alkyl or cyclic N) is 1. The van der Waals surface area contributed by atoms with Crippen LogP contribution >= 0.6 is 0 Å². The van der Waals surface area contributed by atoms with E-state index in [1.54, 1.807) is 41.7 Å². The van der Waals surface area contributed by atoms with Gasteiger partial charge in [-0.05, 0) is 44.9 Å². The predicted molar refractivity (Wildman–Crippen MR) is 196 cm³/mol. The van der Waals surface area contributed by atoms with Gasteiger partial charge in [-0.1, -0.05) is 18.2 Å². The van der Waals surface area contributed by atoms with Crippen LogP contribution < -0.4 is 15.4 Å². The first-order valence-electron chi connectivity index (χ1n) is 18.6. The van der Waals surface area contributed by atoms with Gasteiger partial charge in [0.1, 0.15) is 18.3 Å². The van der Waals surface area contributed by atoms with E-state index in [0.29, 0.717) is 48.1 Å². The molecule has 2 fully saturated rings. The lowest BCUT2D eigenvalue weighted by molar-refractivity contribution is -0.145. The normalized spacial score (nSPS) is 20.8. The van der Waals surface area contributed by atoms with Crippen molar-refractivity contribution in [3.8, 4) is 28.5 Å². The van der Waals surface area contributed by atoms with Gasteiger partial charge in [-0.15, -0.1) is 10.2 Å². The molecule has 2 amide bonds. The van der Waals surface area contributed by atoms with Crippen LogP contribution in [0.5, 0.6) is 5.75 Å². The summed E-state index contributed by atoms with van der Waals surface area (Å²) in [5, 5.41) is 35.1. The second kappa shape index (κ2) is 18.1. The summed E-state index contributed by atoms with van der Waals surface area (Å²) in [6.07, 6.45) is -1.92. The van der Waals surface area contributed by atoms with Crippen LogP contribution in [-0.2, 0) is 26.3 Å². The molecule has 57 heavy (non-hydrogen) atoms. The van der Waals surface area contributed by atoms with Crippen molar-refractivity contribution in [1.29, 1.82) is 0 Å². The van der Waals surface area contributed by atoms with E-state index in [9.17, 15) is 33.0 Å². The number of carbonyl (C=O) groups excluding carboxylic acids is 2. The van der Waals surface area contributed by atoms with E-state index in [1.807, 2.05) is 42.3 Å². The van der Waals surface area contributed by atoms with Gasteiger partial charge >= 0.3 is 6.18 Å². The number of carbonyl (C=O) groups is 2. The van der Waals surface area contributed by atoms with Gasteiger partial charge in [0.15, 0.2) is 5.76 Å². The van der Waals surface area contributed by atoms with Gasteiger partial charge in [0.25, 0.3) is 0 Å². The fourth-order valence-corrected chi connectivity index (χ4v) is 6.98. The Morgan fingerprint density at radius 3 is 2.60 bits per heavy atom. The average molecular weight is 801 g/mol. The number of benzene rings is 1. The Hall–Kier alpha value is -4.95. The van der Waals surface area contributed by atoms with E-state index >= 15 is 0 Å². The van der Waals surface area contributed by atoms with Crippen molar-refractivity contribution >= 4 is 11.8 Å². The molecule has 6 rings (SSSR count). The molecule has 2 saturated heterocycles. The molecule has 16 nitrogen and oxygen atoms in total. The molecule has 308 valence electrons. The molecule has 2 aliphatic heterocycles. The molecule has 0 unspecified atom stereocenters. The summed E-state index contributed by atoms with van der Waals surface area (Å²) < 4.78 is 62.4. The molecule has 5 heterocycles. The average Bonchev–Trinajstić information content (AvgIpc) is 3.89. The second-order valence-corrected chi connectivity index (χ2v) is 14.7. The van der Waals surface area contributed by atoms with Crippen molar-refractivity contribution in [1.82, 2.24) is 40.6 Å². The Labute approximate surface area is 326 Å². The third-order valence-corrected chi connectivity index (χ3v) is 10.2. The molecule has 3 aromatic heterocycles.